The molecule has 2 heterocycles. The van der Waals surface area contributed by atoms with Crippen LogP contribution in [-0.4, -0.2) is 118 Å². The van der Waals surface area contributed by atoms with Crippen LogP contribution in [0, 0.1) is 29.1 Å². The maximum absolute atomic E-state index is 14.4. The number of aliphatic carboxylic acids is 2. The Morgan fingerprint density at radius 2 is 1.52 bits per heavy atom. The molecule has 5 aliphatic rings. The summed E-state index contributed by atoms with van der Waals surface area (Å²) < 4.78 is 14.5. The SMILES string of the molecule is CC(C)[C@H](NC(=O)[C@H](CCC(=O)O)NC(=O)[C@@H](N)CC(=O)O)C(=O)N[C@H](C(=O)N1CCC[C@H]1C(=O)N[C@@H](CCc1ccc(Br)cc1)B1O[C@@H]2C[C@@H]3C[C@H](C3(C)C)[C@]2(C)O1)C(C)C. The summed E-state index contributed by atoms with van der Waals surface area (Å²) in [7, 11) is -0.686. The van der Waals surface area contributed by atoms with E-state index in [-0.39, 0.29) is 30.4 Å². The molecule has 0 aromatic heterocycles. The molecule has 0 radical (unpaired) electrons. The van der Waals surface area contributed by atoms with Crippen molar-refractivity contribution in [1.82, 2.24) is 26.2 Å². The standard InChI is InChI=1S/C43H64BBrN6O11/c1-22(2)35(49-38(57)28(15-17-33(52)53)47-37(56)27(46)21-34(54)55)40(59)50-36(23(3)4)41(60)51-18-8-9-29(51)39(58)48-32(16-12-24-10-13-26(45)14-11-24)44-61-31-20-25-19-30(42(25,5)6)43(31,7)62-44/h10-11,13-14,22-23,25,27-32,35-36H,8-9,12,15-21,46H2,1-7H3,(H,47,56)(H,48,58)(H,49,57)(H,50,59)(H,52,53)(H,54,55)/t25-,27-,28-,29-,30+,31+,32-,35-,36-,43-/m0/s1. The van der Waals surface area contributed by atoms with Crippen LogP contribution in [0.25, 0.3) is 0 Å². The van der Waals surface area contributed by atoms with Crippen LogP contribution >= 0.6 is 15.9 Å². The number of likely N-dealkylation sites (tertiary alicyclic amines) is 1. The molecule has 3 aliphatic carbocycles. The molecule has 342 valence electrons. The molecule has 2 saturated heterocycles. The zero-order valence-electron chi connectivity index (χ0n) is 36.8. The number of nitrogens with zero attached hydrogens (tertiary/aromatic N) is 1. The third-order valence-electron chi connectivity index (χ3n) is 13.6. The molecule has 0 spiro atoms. The Kier molecular flexibility index (Phi) is 15.9. The Morgan fingerprint density at radius 3 is 2.11 bits per heavy atom. The lowest BCUT2D eigenvalue weighted by molar-refractivity contribution is -0.199. The Morgan fingerprint density at radius 1 is 0.871 bits per heavy atom. The predicted octanol–water partition coefficient (Wildman–Crippen LogP) is 2.56. The minimum Gasteiger partial charge on any atom is -0.481 e. The third-order valence-corrected chi connectivity index (χ3v) is 14.1. The van der Waals surface area contributed by atoms with Crippen molar-refractivity contribution in [2.45, 2.75) is 154 Å². The van der Waals surface area contributed by atoms with Crippen LogP contribution in [0.4, 0.5) is 0 Å². The molecule has 5 fully saturated rings. The molecule has 5 amide bonds. The van der Waals surface area contributed by atoms with Gasteiger partial charge in [-0.3, -0.25) is 33.6 Å². The van der Waals surface area contributed by atoms with E-state index in [1.807, 2.05) is 24.3 Å². The van der Waals surface area contributed by atoms with Gasteiger partial charge in [0.25, 0.3) is 0 Å². The number of benzene rings is 1. The normalized spacial score (nSPS) is 26.0. The molecular formula is C43H64BBrN6O11. The van der Waals surface area contributed by atoms with Crippen LogP contribution in [0.15, 0.2) is 28.7 Å². The second kappa shape index (κ2) is 20.2. The van der Waals surface area contributed by atoms with Gasteiger partial charge in [-0.1, -0.05) is 69.6 Å². The summed E-state index contributed by atoms with van der Waals surface area (Å²) in [4.78, 5) is 92.8. The summed E-state index contributed by atoms with van der Waals surface area (Å²) in [6.45, 7) is 13.8. The van der Waals surface area contributed by atoms with Crippen LogP contribution in [0.1, 0.15) is 105 Å². The van der Waals surface area contributed by atoms with E-state index < -0.39 is 109 Å². The number of rotatable bonds is 20. The second-order valence-electron chi connectivity index (χ2n) is 19.0. The molecule has 2 aliphatic heterocycles. The summed E-state index contributed by atoms with van der Waals surface area (Å²) in [5.41, 5.74) is 6.40. The monoisotopic (exact) mass is 930 g/mol. The Balaban J connectivity index is 1.28. The number of carboxylic acids is 2. The molecule has 0 unspecified atom stereocenters. The van der Waals surface area contributed by atoms with Gasteiger partial charge < -0.3 is 51.4 Å². The van der Waals surface area contributed by atoms with Gasteiger partial charge in [-0.15, -0.1) is 0 Å². The van der Waals surface area contributed by atoms with Crippen LogP contribution in [-0.2, 0) is 49.3 Å². The van der Waals surface area contributed by atoms with Gasteiger partial charge >= 0.3 is 19.1 Å². The summed E-state index contributed by atoms with van der Waals surface area (Å²) in [6.07, 6.45) is 2.41. The summed E-state index contributed by atoms with van der Waals surface area (Å²) >= 11 is 3.50. The van der Waals surface area contributed by atoms with Crippen molar-refractivity contribution in [1.29, 1.82) is 0 Å². The number of halogens is 1. The number of hydrogen-bond donors (Lipinski definition) is 7. The first-order valence-corrected chi connectivity index (χ1v) is 22.6. The maximum atomic E-state index is 14.4. The highest BCUT2D eigenvalue weighted by Crippen LogP contribution is 2.65. The van der Waals surface area contributed by atoms with Gasteiger partial charge in [-0.25, -0.2) is 0 Å². The Labute approximate surface area is 372 Å². The summed E-state index contributed by atoms with van der Waals surface area (Å²) in [5.74, 6) is -6.57. The van der Waals surface area contributed by atoms with Crippen LogP contribution in [0.5, 0.6) is 0 Å². The first-order valence-electron chi connectivity index (χ1n) is 21.8. The van der Waals surface area contributed by atoms with Gasteiger partial charge in [0.05, 0.1) is 30.1 Å². The quantitative estimate of drug-likeness (QED) is 0.0932. The fourth-order valence-corrected chi connectivity index (χ4v) is 9.99. The first-order chi connectivity index (χ1) is 29.0. The van der Waals surface area contributed by atoms with E-state index in [1.165, 1.54) is 4.90 Å². The highest BCUT2D eigenvalue weighted by Gasteiger charge is 2.68. The molecule has 8 N–H and O–H groups in total. The van der Waals surface area contributed by atoms with E-state index in [2.05, 4.69) is 58.0 Å². The fraction of sp³-hybridized carbons (Fsp3) is 0.698. The highest BCUT2D eigenvalue weighted by molar-refractivity contribution is 9.10. The molecule has 1 aromatic rings. The summed E-state index contributed by atoms with van der Waals surface area (Å²) in [5, 5.41) is 29.2. The average molecular weight is 932 g/mol. The molecule has 1 aromatic carbocycles. The van der Waals surface area contributed by atoms with Gasteiger partial charge in [0.1, 0.15) is 24.2 Å². The molecular weight excluding hydrogens is 867 g/mol. The zero-order chi connectivity index (χ0) is 45.8. The largest absolute Gasteiger partial charge is 0.481 e. The fourth-order valence-electron chi connectivity index (χ4n) is 9.72. The predicted molar refractivity (Wildman–Crippen MR) is 232 cm³/mol. The molecule has 10 atom stereocenters. The second-order valence-corrected chi connectivity index (χ2v) is 19.9. The Hall–Kier alpha value is -4.07. The van der Waals surface area contributed by atoms with Crippen LogP contribution in [0.2, 0.25) is 0 Å². The smallest absolute Gasteiger partial charge is 0.481 e. The summed E-state index contributed by atoms with van der Waals surface area (Å²) in [6, 6.07) is 1.90. The third kappa shape index (κ3) is 11.2. The van der Waals surface area contributed by atoms with E-state index in [9.17, 15) is 38.7 Å². The van der Waals surface area contributed by atoms with Crippen LogP contribution in [0.3, 0.4) is 0 Å². The number of nitrogens with two attached hydrogens (primary N) is 1. The average Bonchev–Trinajstić information content (AvgIpc) is 3.83. The minimum atomic E-state index is -1.51. The van der Waals surface area contributed by atoms with Crippen molar-refractivity contribution < 1.29 is 53.1 Å². The molecule has 6 rings (SSSR count). The topological polar surface area (TPSA) is 256 Å². The first kappa shape index (κ1) is 49.0. The maximum Gasteiger partial charge on any atom is 0.481 e. The number of aryl methyl sites for hydroxylation is 1. The number of carbonyl (C=O) groups excluding carboxylic acids is 5. The number of amides is 5. The van der Waals surface area contributed by atoms with Gasteiger partial charge in [0, 0.05) is 17.4 Å². The van der Waals surface area contributed by atoms with Gasteiger partial charge in [0.2, 0.25) is 29.5 Å². The lowest BCUT2D eigenvalue weighted by Crippen LogP contribution is -2.65. The zero-order valence-corrected chi connectivity index (χ0v) is 38.4. The molecule has 17 nitrogen and oxygen atoms in total. The van der Waals surface area contributed by atoms with Crippen molar-refractivity contribution in [3.63, 3.8) is 0 Å². The number of carbonyl (C=O) groups is 7. The number of carboxylic acid groups (broad SMARTS) is 2. The van der Waals surface area contributed by atoms with Crippen molar-refractivity contribution >= 4 is 64.5 Å². The van der Waals surface area contributed by atoms with Gasteiger partial charge in [-0.05, 0) is 98.7 Å². The van der Waals surface area contributed by atoms with Crippen LogP contribution < -0.4 is 27.0 Å². The van der Waals surface area contributed by atoms with Crippen molar-refractivity contribution in [2.75, 3.05) is 6.54 Å². The van der Waals surface area contributed by atoms with E-state index in [0.717, 1.165) is 22.9 Å². The highest BCUT2D eigenvalue weighted by atomic mass is 79.9. The minimum absolute atomic E-state index is 0.0905. The van der Waals surface area contributed by atoms with E-state index in [0.29, 0.717) is 37.5 Å². The van der Waals surface area contributed by atoms with Gasteiger partial charge in [-0.2, -0.15) is 0 Å². The molecule has 2 bridgehead atoms. The van der Waals surface area contributed by atoms with Gasteiger partial charge in [0.15, 0.2) is 0 Å². The molecule has 3 saturated carbocycles. The van der Waals surface area contributed by atoms with E-state index >= 15 is 0 Å². The lowest BCUT2D eigenvalue weighted by atomic mass is 9.43. The number of hydrogen-bond acceptors (Lipinski definition) is 10. The van der Waals surface area contributed by atoms with E-state index in [1.54, 1.807) is 27.7 Å². The van der Waals surface area contributed by atoms with Crippen molar-refractivity contribution in [2.24, 2.45) is 34.8 Å². The lowest BCUT2D eigenvalue weighted by Gasteiger charge is -2.64. The van der Waals surface area contributed by atoms with E-state index in [4.69, 9.17) is 20.1 Å². The van der Waals surface area contributed by atoms with Crippen molar-refractivity contribution in [3.8, 4) is 0 Å². The number of nitrogens with one attached hydrogen (secondary N) is 4. The Bertz CT molecular complexity index is 1850. The molecule has 19 heteroatoms. The van der Waals surface area contributed by atoms with Crippen molar-refractivity contribution in [3.05, 3.63) is 34.3 Å². The molecule has 62 heavy (non-hydrogen) atoms.